The van der Waals surface area contributed by atoms with Gasteiger partial charge >= 0.3 is 6.18 Å². The van der Waals surface area contributed by atoms with Crippen LogP contribution in [0.5, 0.6) is 0 Å². The normalized spacial score (nSPS) is 11.3. The highest BCUT2D eigenvalue weighted by Crippen LogP contribution is 2.30. The molecule has 2 aromatic heterocycles. The summed E-state index contributed by atoms with van der Waals surface area (Å²) in [5.41, 5.74) is -0.755. The van der Waals surface area contributed by atoms with E-state index in [-0.39, 0.29) is 5.82 Å². The Kier molecular flexibility index (Phi) is 3.51. The van der Waals surface area contributed by atoms with Gasteiger partial charge in [-0.25, -0.2) is 9.97 Å². The molecule has 0 amide bonds. The summed E-state index contributed by atoms with van der Waals surface area (Å²) in [6.45, 7) is 0. The Hall–Kier alpha value is -1.63. The van der Waals surface area contributed by atoms with E-state index in [1.807, 2.05) is 0 Å². The van der Waals surface area contributed by atoms with Crippen molar-refractivity contribution in [2.45, 2.75) is 6.18 Å². The average Bonchev–Trinajstić information content (AvgIpc) is 2.28. The molecule has 0 aliphatic heterocycles. The van der Waals surface area contributed by atoms with E-state index < -0.39 is 11.7 Å². The second kappa shape index (κ2) is 4.93. The summed E-state index contributed by atoms with van der Waals surface area (Å²) < 4.78 is 38.1. The van der Waals surface area contributed by atoms with Crippen LogP contribution < -0.4 is 5.32 Å². The molecule has 0 aliphatic carbocycles. The molecule has 0 bridgehead atoms. The molecule has 94 valence electrons. The monoisotopic (exact) mass is 317 g/mol. The zero-order valence-corrected chi connectivity index (χ0v) is 10.5. The first-order valence-corrected chi connectivity index (χ1v) is 5.67. The highest BCUT2D eigenvalue weighted by Gasteiger charge is 2.30. The summed E-state index contributed by atoms with van der Waals surface area (Å²) >= 11 is 3.17. The molecule has 0 aliphatic rings. The van der Waals surface area contributed by atoms with Crippen molar-refractivity contribution in [3.8, 4) is 0 Å². The molecule has 3 nitrogen and oxygen atoms in total. The SMILES string of the molecule is FC(F)(F)c1ccnc(Nc2cccc(Br)n2)c1. The van der Waals surface area contributed by atoms with Crippen LogP contribution in [0, 0.1) is 0 Å². The number of nitrogens with one attached hydrogen (secondary N) is 1. The largest absolute Gasteiger partial charge is 0.416 e. The smallest absolute Gasteiger partial charge is 0.325 e. The summed E-state index contributed by atoms with van der Waals surface area (Å²) in [6, 6.07) is 6.91. The second-order valence-corrected chi connectivity index (χ2v) is 4.21. The molecule has 0 fully saturated rings. The Bertz CT molecular complexity index is 557. The van der Waals surface area contributed by atoms with Gasteiger partial charge in [0.05, 0.1) is 5.56 Å². The lowest BCUT2D eigenvalue weighted by Gasteiger charge is -2.09. The predicted octanol–water partition coefficient (Wildman–Crippen LogP) is 4.00. The van der Waals surface area contributed by atoms with Gasteiger partial charge in [-0.15, -0.1) is 0 Å². The first-order valence-electron chi connectivity index (χ1n) is 4.88. The van der Waals surface area contributed by atoms with Gasteiger partial charge in [-0.05, 0) is 40.2 Å². The Morgan fingerprint density at radius 3 is 2.56 bits per heavy atom. The summed E-state index contributed by atoms with van der Waals surface area (Å²) in [4.78, 5) is 7.86. The Labute approximate surface area is 109 Å². The van der Waals surface area contributed by atoms with E-state index in [0.717, 1.165) is 18.3 Å². The van der Waals surface area contributed by atoms with Crippen LogP contribution in [0.1, 0.15) is 5.56 Å². The Morgan fingerprint density at radius 2 is 1.89 bits per heavy atom. The van der Waals surface area contributed by atoms with Gasteiger partial charge in [0.15, 0.2) is 0 Å². The molecule has 2 heterocycles. The molecular weight excluding hydrogens is 311 g/mol. The highest BCUT2D eigenvalue weighted by atomic mass is 79.9. The summed E-state index contributed by atoms with van der Waals surface area (Å²) in [5, 5.41) is 2.70. The lowest BCUT2D eigenvalue weighted by atomic mass is 10.2. The van der Waals surface area contributed by atoms with E-state index in [4.69, 9.17) is 0 Å². The van der Waals surface area contributed by atoms with Gasteiger partial charge in [-0.3, -0.25) is 0 Å². The lowest BCUT2D eigenvalue weighted by Crippen LogP contribution is -2.06. The Balaban J connectivity index is 2.25. The summed E-state index contributed by atoms with van der Waals surface area (Å²) in [7, 11) is 0. The minimum absolute atomic E-state index is 0.0930. The van der Waals surface area contributed by atoms with Crippen LogP contribution in [0.15, 0.2) is 41.1 Å². The third kappa shape index (κ3) is 3.19. The van der Waals surface area contributed by atoms with Crippen LogP contribution in [0.3, 0.4) is 0 Å². The van der Waals surface area contributed by atoms with Crippen molar-refractivity contribution in [3.05, 3.63) is 46.7 Å². The van der Waals surface area contributed by atoms with Crippen LogP contribution >= 0.6 is 15.9 Å². The third-order valence-corrected chi connectivity index (χ3v) is 2.50. The highest BCUT2D eigenvalue weighted by molar-refractivity contribution is 9.10. The number of anilines is 2. The maximum absolute atomic E-state index is 12.5. The number of hydrogen-bond donors (Lipinski definition) is 1. The first kappa shape index (κ1) is 12.8. The van der Waals surface area contributed by atoms with Crippen LogP contribution in [-0.4, -0.2) is 9.97 Å². The minimum atomic E-state index is -4.38. The number of hydrogen-bond acceptors (Lipinski definition) is 3. The Morgan fingerprint density at radius 1 is 1.11 bits per heavy atom. The van der Waals surface area contributed by atoms with E-state index in [1.54, 1.807) is 18.2 Å². The van der Waals surface area contributed by atoms with E-state index in [1.165, 1.54) is 0 Å². The fraction of sp³-hybridized carbons (Fsp3) is 0.0909. The summed E-state index contributed by atoms with van der Waals surface area (Å²) in [5.74, 6) is 0.506. The van der Waals surface area contributed by atoms with Crippen molar-refractivity contribution in [1.82, 2.24) is 9.97 Å². The van der Waals surface area contributed by atoms with Gasteiger partial charge in [0.25, 0.3) is 0 Å². The molecule has 1 N–H and O–H groups in total. The number of nitrogens with zero attached hydrogens (tertiary/aromatic N) is 2. The average molecular weight is 318 g/mol. The molecule has 0 aromatic carbocycles. The molecule has 0 spiro atoms. The van der Waals surface area contributed by atoms with Crippen LogP contribution in [0.25, 0.3) is 0 Å². The van der Waals surface area contributed by atoms with Crippen LogP contribution in [0.2, 0.25) is 0 Å². The van der Waals surface area contributed by atoms with Crippen molar-refractivity contribution < 1.29 is 13.2 Å². The number of rotatable bonds is 2. The van der Waals surface area contributed by atoms with Crippen molar-refractivity contribution in [2.24, 2.45) is 0 Å². The minimum Gasteiger partial charge on any atom is -0.325 e. The van der Waals surface area contributed by atoms with Gasteiger partial charge in [0.2, 0.25) is 0 Å². The zero-order chi connectivity index (χ0) is 13.2. The summed E-state index contributed by atoms with van der Waals surface area (Å²) in [6.07, 6.45) is -3.28. The van der Waals surface area contributed by atoms with E-state index in [2.05, 4.69) is 31.2 Å². The van der Waals surface area contributed by atoms with E-state index >= 15 is 0 Å². The van der Waals surface area contributed by atoms with Crippen LogP contribution in [-0.2, 0) is 6.18 Å². The van der Waals surface area contributed by atoms with Crippen molar-refractivity contribution in [1.29, 1.82) is 0 Å². The number of alkyl halides is 3. The molecule has 0 unspecified atom stereocenters. The second-order valence-electron chi connectivity index (χ2n) is 3.40. The number of halogens is 4. The lowest BCUT2D eigenvalue weighted by molar-refractivity contribution is -0.137. The molecule has 18 heavy (non-hydrogen) atoms. The van der Waals surface area contributed by atoms with Gasteiger partial charge in [0, 0.05) is 6.20 Å². The van der Waals surface area contributed by atoms with Gasteiger partial charge in [0.1, 0.15) is 16.2 Å². The fourth-order valence-corrected chi connectivity index (χ4v) is 1.63. The fourth-order valence-electron chi connectivity index (χ4n) is 1.28. The molecule has 2 rings (SSSR count). The predicted molar refractivity (Wildman–Crippen MR) is 64.5 cm³/mol. The number of aromatic nitrogens is 2. The van der Waals surface area contributed by atoms with Crippen molar-refractivity contribution >= 4 is 27.6 Å². The topological polar surface area (TPSA) is 37.8 Å². The quantitative estimate of drug-likeness (QED) is 0.851. The van der Waals surface area contributed by atoms with Crippen molar-refractivity contribution in [2.75, 3.05) is 5.32 Å². The zero-order valence-electron chi connectivity index (χ0n) is 8.87. The van der Waals surface area contributed by atoms with Gasteiger partial charge in [-0.1, -0.05) is 6.07 Å². The van der Waals surface area contributed by atoms with Gasteiger partial charge < -0.3 is 5.32 Å². The maximum Gasteiger partial charge on any atom is 0.416 e. The molecule has 0 radical (unpaired) electrons. The van der Waals surface area contributed by atoms with Crippen LogP contribution in [0.4, 0.5) is 24.8 Å². The van der Waals surface area contributed by atoms with Gasteiger partial charge in [-0.2, -0.15) is 13.2 Å². The van der Waals surface area contributed by atoms with E-state index in [0.29, 0.717) is 10.4 Å². The molecule has 0 saturated carbocycles. The molecular formula is C11H7BrF3N3. The number of pyridine rings is 2. The molecule has 0 atom stereocenters. The third-order valence-electron chi connectivity index (χ3n) is 2.06. The molecule has 0 saturated heterocycles. The molecule has 2 aromatic rings. The van der Waals surface area contributed by atoms with E-state index in [9.17, 15) is 13.2 Å². The standard InChI is InChI=1S/C11H7BrF3N3/c12-8-2-1-3-9(17-8)18-10-6-7(4-5-16-10)11(13,14)15/h1-6H,(H,16,17,18). The first-order chi connectivity index (χ1) is 8.45. The maximum atomic E-state index is 12.5. The molecule has 7 heteroatoms. The van der Waals surface area contributed by atoms with Crippen molar-refractivity contribution in [3.63, 3.8) is 0 Å².